The topological polar surface area (TPSA) is 26.3 Å². The Bertz CT molecular complexity index is 397. The fraction of sp³-hybridized carbons (Fsp3) is 0.562. The second kappa shape index (κ2) is 6.14. The lowest BCUT2D eigenvalue weighted by molar-refractivity contribution is -0.120. The van der Waals surface area contributed by atoms with Crippen LogP contribution in [0, 0.1) is 19.8 Å². The number of carbonyl (C=O) groups excluding carboxylic acids is 1. The molecule has 2 heteroatoms. The molecule has 0 bridgehead atoms. The standard InChI is InChI=1S/C16H22O2/c1-12-7-13(2)9-15(8-12)11-16(17)10-14-3-5-18-6-4-14/h7-9,14H,3-6,10-11H2,1-2H3. The molecule has 0 saturated carbocycles. The molecule has 1 fully saturated rings. The number of benzene rings is 1. The first-order valence-electron chi connectivity index (χ1n) is 6.80. The van der Waals surface area contributed by atoms with Crippen LogP contribution in [0.1, 0.15) is 36.0 Å². The maximum atomic E-state index is 12.1. The quantitative estimate of drug-likeness (QED) is 0.815. The van der Waals surface area contributed by atoms with Crippen LogP contribution in [0.3, 0.4) is 0 Å². The van der Waals surface area contributed by atoms with Gasteiger partial charge in [0.25, 0.3) is 0 Å². The maximum Gasteiger partial charge on any atom is 0.137 e. The average molecular weight is 246 g/mol. The van der Waals surface area contributed by atoms with E-state index in [4.69, 9.17) is 4.74 Å². The number of ether oxygens (including phenoxy) is 1. The van der Waals surface area contributed by atoms with Crippen LogP contribution in [0.25, 0.3) is 0 Å². The van der Waals surface area contributed by atoms with Crippen molar-refractivity contribution in [2.75, 3.05) is 13.2 Å². The molecule has 98 valence electrons. The normalized spacial score (nSPS) is 16.8. The second-order valence-corrected chi connectivity index (χ2v) is 5.47. The van der Waals surface area contributed by atoms with Crippen molar-refractivity contribution in [3.8, 4) is 0 Å². The highest BCUT2D eigenvalue weighted by Crippen LogP contribution is 2.20. The van der Waals surface area contributed by atoms with Crippen LogP contribution in [-0.2, 0) is 16.0 Å². The zero-order chi connectivity index (χ0) is 13.0. The molecule has 0 aliphatic carbocycles. The van der Waals surface area contributed by atoms with Crippen molar-refractivity contribution in [3.63, 3.8) is 0 Å². The molecule has 1 aromatic carbocycles. The summed E-state index contributed by atoms with van der Waals surface area (Å²) in [5, 5.41) is 0. The summed E-state index contributed by atoms with van der Waals surface area (Å²) in [5.41, 5.74) is 3.64. The highest BCUT2D eigenvalue weighted by molar-refractivity contribution is 5.81. The van der Waals surface area contributed by atoms with E-state index >= 15 is 0 Å². The van der Waals surface area contributed by atoms with Gasteiger partial charge in [-0.15, -0.1) is 0 Å². The maximum absolute atomic E-state index is 12.1. The van der Waals surface area contributed by atoms with Crippen LogP contribution in [0.2, 0.25) is 0 Å². The number of rotatable bonds is 4. The summed E-state index contributed by atoms with van der Waals surface area (Å²) in [6, 6.07) is 6.39. The Hall–Kier alpha value is -1.15. The molecule has 0 atom stereocenters. The summed E-state index contributed by atoms with van der Waals surface area (Å²) < 4.78 is 5.32. The van der Waals surface area contributed by atoms with E-state index in [-0.39, 0.29) is 0 Å². The van der Waals surface area contributed by atoms with E-state index in [2.05, 4.69) is 32.0 Å². The minimum absolute atomic E-state index is 0.368. The number of hydrogen-bond acceptors (Lipinski definition) is 2. The molecule has 0 radical (unpaired) electrons. The van der Waals surface area contributed by atoms with Crippen LogP contribution in [0.4, 0.5) is 0 Å². The zero-order valence-corrected chi connectivity index (χ0v) is 11.4. The molecule has 1 aliphatic heterocycles. The minimum atomic E-state index is 0.368. The minimum Gasteiger partial charge on any atom is -0.381 e. The van der Waals surface area contributed by atoms with Gasteiger partial charge in [-0.2, -0.15) is 0 Å². The molecule has 0 unspecified atom stereocenters. The first-order valence-corrected chi connectivity index (χ1v) is 6.80. The number of Topliss-reactive ketones (excluding diaryl/α,β-unsaturated/α-hetero) is 1. The molecule has 2 rings (SSSR count). The Morgan fingerprint density at radius 1 is 1.17 bits per heavy atom. The molecule has 1 aromatic rings. The summed E-state index contributed by atoms with van der Waals surface area (Å²) in [6.07, 6.45) is 3.38. The molecule has 0 aromatic heterocycles. The van der Waals surface area contributed by atoms with Crippen molar-refractivity contribution in [1.29, 1.82) is 0 Å². The van der Waals surface area contributed by atoms with Gasteiger partial charge in [0.2, 0.25) is 0 Å². The summed E-state index contributed by atoms with van der Waals surface area (Å²) >= 11 is 0. The van der Waals surface area contributed by atoms with Gasteiger partial charge in [0.1, 0.15) is 5.78 Å². The lowest BCUT2D eigenvalue weighted by Crippen LogP contribution is -2.19. The Morgan fingerprint density at radius 2 is 1.78 bits per heavy atom. The van der Waals surface area contributed by atoms with Gasteiger partial charge in [-0.05, 0) is 38.2 Å². The molecule has 1 aliphatic rings. The van der Waals surface area contributed by atoms with Crippen molar-refractivity contribution in [2.24, 2.45) is 5.92 Å². The van der Waals surface area contributed by atoms with Crippen LogP contribution in [-0.4, -0.2) is 19.0 Å². The summed E-state index contributed by atoms with van der Waals surface area (Å²) in [7, 11) is 0. The van der Waals surface area contributed by atoms with Gasteiger partial charge in [0.05, 0.1) is 0 Å². The third-order valence-electron chi connectivity index (χ3n) is 3.54. The number of ketones is 1. The molecule has 0 spiro atoms. The van der Waals surface area contributed by atoms with Crippen molar-refractivity contribution >= 4 is 5.78 Å². The summed E-state index contributed by atoms with van der Waals surface area (Å²) in [6.45, 7) is 5.81. The van der Waals surface area contributed by atoms with Crippen LogP contribution >= 0.6 is 0 Å². The molecule has 0 amide bonds. The van der Waals surface area contributed by atoms with Crippen LogP contribution in [0.5, 0.6) is 0 Å². The van der Waals surface area contributed by atoms with Gasteiger partial charge < -0.3 is 4.74 Å². The van der Waals surface area contributed by atoms with Gasteiger partial charge in [0, 0.05) is 26.1 Å². The van der Waals surface area contributed by atoms with E-state index in [1.165, 1.54) is 11.1 Å². The Morgan fingerprint density at radius 3 is 2.39 bits per heavy atom. The van der Waals surface area contributed by atoms with Crippen molar-refractivity contribution in [3.05, 3.63) is 34.9 Å². The van der Waals surface area contributed by atoms with Gasteiger partial charge in [-0.3, -0.25) is 4.79 Å². The van der Waals surface area contributed by atoms with E-state index < -0.39 is 0 Å². The smallest absolute Gasteiger partial charge is 0.137 e. The third-order valence-corrected chi connectivity index (χ3v) is 3.54. The van der Waals surface area contributed by atoms with E-state index in [0.29, 0.717) is 18.1 Å². The predicted octanol–water partition coefficient (Wildman–Crippen LogP) is 3.23. The van der Waals surface area contributed by atoms with Crippen molar-refractivity contribution < 1.29 is 9.53 Å². The van der Waals surface area contributed by atoms with E-state index in [0.717, 1.165) is 38.0 Å². The lowest BCUT2D eigenvalue weighted by atomic mass is 9.92. The SMILES string of the molecule is Cc1cc(C)cc(CC(=O)CC2CCOCC2)c1. The highest BCUT2D eigenvalue weighted by Gasteiger charge is 2.17. The van der Waals surface area contributed by atoms with Gasteiger partial charge >= 0.3 is 0 Å². The van der Waals surface area contributed by atoms with Crippen LogP contribution < -0.4 is 0 Å². The fourth-order valence-corrected chi connectivity index (χ4v) is 2.74. The van der Waals surface area contributed by atoms with Crippen LogP contribution in [0.15, 0.2) is 18.2 Å². The van der Waals surface area contributed by atoms with E-state index in [1.54, 1.807) is 0 Å². The van der Waals surface area contributed by atoms with E-state index in [1.807, 2.05) is 0 Å². The van der Waals surface area contributed by atoms with Crippen molar-refractivity contribution in [1.82, 2.24) is 0 Å². The molecular formula is C16H22O2. The monoisotopic (exact) mass is 246 g/mol. The number of hydrogen-bond donors (Lipinski definition) is 0. The number of aryl methyl sites for hydroxylation is 2. The van der Waals surface area contributed by atoms with Gasteiger partial charge in [0.15, 0.2) is 0 Å². The molecular weight excluding hydrogens is 224 g/mol. The first-order chi connectivity index (χ1) is 8.63. The van der Waals surface area contributed by atoms with Crippen molar-refractivity contribution in [2.45, 2.75) is 39.5 Å². The highest BCUT2D eigenvalue weighted by atomic mass is 16.5. The molecule has 0 N–H and O–H groups in total. The van der Waals surface area contributed by atoms with Gasteiger partial charge in [-0.25, -0.2) is 0 Å². The first kappa shape index (κ1) is 13.3. The molecule has 2 nitrogen and oxygen atoms in total. The number of carbonyl (C=O) groups is 1. The fourth-order valence-electron chi connectivity index (χ4n) is 2.74. The largest absolute Gasteiger partial charge is 0.381 e. The second-order valence-electron chi connectivity index (χ2n) is 5.47. The predicted molar refractivity (Wildman–Crippen MR) is 72.8 cm³/mol. The lowest BCUT2D eigenvalue weighted by Gasteiger charge is -2.21. The Labute approximate surface area is 109 Å². The molecule has 1 heterocycles. The van der Waals surface area contributed by atoms with E-state index in [9.17, 15) is 4.79 Å². The third kappa shape index (κ3) is 3.95. The Balaban J connectivity index is 1.89. The van der Waals surface area contributed by atoms with Gasteiger partial charge in [-0.1, -0.05) is 29.3 Å². The summed E-state index contributed by atoms with van der Waals surface area (Å²) in [5.74, 6) is 0.907. The average Bonchev–Trinajstić information content (AvgIpc) is 2.28. The molecule has 18 heavy (non-hydrogen) atoms. The summed E-state index contributed by atoms with van der Waals surface area (Å²) in [4.78, 5) is 12.1. The Kier molecular flexibility index (Phi) is 4.54. The zero-order valence-electron chi connectivity index (χ0n) is 11.4. The molecule has 1 saturated heterocycles.